The first kappa shape index (κ1) is 15.3. The maximum atomic E-state index is 12.2. The summed E-state index contributed by atoms with van der Waals surface area (Å²) in [7, 11) is 0. The van der Waals surface area contributed by atoms with E-state index in [4.69, 9.17) is 9.47 Å². The normalized spacial score (nSPS) is 12.9. The van der Waals surface area contributed by atoms with Crippen LogP contribution in [-0.2, 0) is 6.61 Å². The molecule has 0 fully saturated rings. The highest BCUT2D eigenvalue weighted by Gasteiger charge is 2.28. The van der Waals surface area contributed by atoms with Gasteiger partial charge in [-0.1, -0.05) is 23.8 Å². The van der Waals surface area contributed by atoms with E-state index < -0.39 is 0 Å². The highest BCUT2D eigenvalue weighted by Crippen LogP contribution is 2.35. The maximum Gasteiger partial charge on any atom is 0.231 e. The van der Waals surface area contributed by atoms with E-state index in [1.165, 1.54) is 11.1 Å². The van der Waals surface area contributed by atoms with Gasteiger partial charge in [-0.15, -0.1) is 0 Å². The number of ketones is 1. The molecule has 3 rings (SSSR count). The number of aryl methyl sites for hydroxylation is 2. The quantitative estimate of drug-likeness (QED) is 0.767. The van der Waals surface area contributed by atoms with Crippen molar-refractivity contribution in [1.82, 2.24) is 0 Å². The van der Waals surface area contributed by atoms with Crippen molar-refractivity contribution >= 4 is 5.78 Å². The minimum atomic E-state index is -0.0546. The van der Waals surface area contributed by atoms with E-state index >= 15 is 0 Å². The molecule has 0 aromatic heterocycles. The van der Waals surface area contributed by atoms with E-state index in [1.54, 1.807) is 12.1 Å². The first-order chi connectivity index (χ1) is 11.0. The summed E-state index contributed by atoms with van der Waals surface area (Å²) in [6, 6.07) is 11.7. The molecule has 3 nitrogen and oxygen atoms in total. The van der Waals surface area contributed by atoms with Gasteiger partial charge in [0.1, 0.15) is 18.1 Å². The summed E-state index contributed by atoms with van der Waals surface area (Å²) < 4.78 is 11.5. The largest absolute Gasteiger partial charge is 0.489 e. The second-order valence-corrected chi connectivity index (χ2v) is 6.14. The molecule has 118 valence electrons. The fourth-order valence-corrected chi connectivity index (χ4v) is 2.59. The number of Topliss-reactive ketones (excluding diaryl/α,β-unsaturated/α-hetero) is 1. The van der Waals surface area contributed by atoms with E-state index in [2.05, 4.69) is 32.0 Å². The van der Waals surface area contributed by atoms with Gasteiger partial charge in [0.05, 0.1) is 5.56 Å². The Kier molecular flexibility index (Phi) is 3.95. The number of hydrogen-bond donors (Lipinski definition) is 0. The highest BCUT2D eigenvalue weighted by molar-refractivity contribution is 6.12. The molecule has 0 radical (unpaired) electrons. The predicted octanol–water partition coefficient (Wildman–Crippen LogP) is 4.75. The van der Waals surface area contributed by atoms with Crippen LogP contribution < -0.4 is 9.47 Å². The van der Waals surface area contributed by atoms with Crippen LogP contribution in [-0.4, -0.2) is 5.78 Å². The van der Waals surface area contributed by atoms with Crippen molar-refractivity contribution in [3.63, 3.8) is 0 Å². The van der Waals surface area contributed by atoms with Gasteiger partial charge in [-0.2, -0.15) is 0 Å². The lowest BCUT2D eigenvalue weighted by atomic mass is 10.1. The Morgan fingerprint density at radius 3 is 2.61 bits per heavy atom. The Morgan fingerprint density at radius 2 is 1.87 bits per heavy atom. The van der Waals surface area contributed by atoms with Crippen LogP contribution in [0.3, 0.4) is 0 Å². The van der Waals surface area contributed by atoms with Gasteiger partial charge < -0.3 is 9.47 Å². The number of ether oxygens (including phenoxy) is 2. The van der Waals surface area contributed by atoms with Gasteiger partial charge in [-0.3, -0.25) is 4.79 Å². The van der Waals surface area contributed by atoms with Gasteiger partial charge >= 0.3 is 0 Å². The average molecular weight is 308 g/mol. The van der Waals surface area contributed by atoms with Crippen molar-refractivity contribution in [2.24, 2.45) is 0 Å². The topological polar surface area (TPSA) is 35.5 Å². The monoisotopic (exact) mass is 308 g/mol. The highest BCUT2D eigenvalue weighted by atomic mass is 16.5. The van der Waals surface area contributed by atoms with Crippen LogP contribution in [0.4, 0.5) is 0 Å². The number of carbonyl (C=O) groups is 1. The molecule has 23 heavy (non-hydrogen) atoms. The molecule has 0 saturated heterocycles. The summed E-state index contributed by atoms with van der Waals surface area (Å²) in [6.07, 6.45) is 0. The molecular formula is C20H20O3. The van der Waals surface area contributed by atoms with Crippen molar-refractivity contribution in [3.8, 4) is 11.5 Å². The zero-order chi connectivity index (χ0) is 16.6. The van der Waals surface area contributed by atoms with Gasteiger partial charge in [0, 0.05) is 6.07 Å². The molecule has 3 heteroatoms. The summed E-state index contributed by atoms with van der Waals surface area (Å²) >= 11 is 0. The Hall–Kier alpha value is -2.55. The number of allylic oxidation sites excluding steroid dienone is 2. The van der Waals surface area contributed by atoms with E-state index in [-0.39, 0.29) is 5.78 Å². The van der Waals surface area contributed by atoms with Crippen molar-refractivity contribution in [1.29, 1.82) is 0 Å². The van der Waals surface area contributed by atoms with Crippen molar-refractivity contribution < 1.29 is 14.3 Å². The molecule has 0 N–H and O–H groups in total. The molecule has 0 unspecified atom stereocenters. The number of fused-ring (bicyclic) bond motifs is 1. The zero-order valence-electron chi connectivity index (χ0n) is 13.9. The Balaban J connectivity index is 1.80. The Labute approximate surface area is 136 Å². The fraction of sp³-hybridized carbons (Fsp3) is 0.250. The smallest absolute Gasteiger partial charge is 0.231 e. The molecule has 1 heterocycles. The van der Waals surface area contributed by atoms with Gasteiger partial charge in [0.2, 0.25) is 5.78 Å². The van der Waals surface area contributed by atoms with Crippen LogP contribution in [0.1, 0.15) is 40.9 Å². The summed E-state index contributed by atoms with van der Waals surface area (Å²) in [6.45, 7) is 8.38. The standard InChI is InChI=1S/C20H20O3/c1-12(2)20-19(21)17-8-7-16(10-18(17)23-20)22-11-15-9-13(3)5-6-14(15)4/h5-10H,11H2,1-4H3. The predicted molar refractivity (Wildman–Crippen MR) is 90.0 cm³/mol. The van der Waals surface area contributed by atoms with Crippen molar-refractivity contribution in [2.75, 3.05) is 0 Å². The molecule has 0 amide bonds. The van der Waals surface area contributed by atoms with E-state index in [9.17, 15) is 4.79 Å². The third-order valence-corrected chi connectivity index (χ3v) is 3.97. The SMILES string of the molecule is CC(C)=C1Oc2cc(OCc3cc(C)ccc3C)ccc2C1=O. The molecular weight excluding hydrogens is 288 g/mol. The molecule has 2 aromatic carbocycles. The van der Waals surface area contributed by atoms with Gasteiger partial charge in [-0.25, -0.2) is 0 Å². The summed E-state index contributed by atoms with van der Waals surface area (Å²) in [4.78, 5) is 12.2. The molecule has 1 aliphatic heterocycles. The third kappa shape index (κ3) is 3.00. The summed E-state index contributed by atoms with van der Waals surface area (Å²) in [5, 5.41) is 0. The van der Waals surface area contributed by atoms with Crippen LogP contribution in [0, 0.1) is 13.8 Å². The van der Waals surface area contributed by atoms with Crippen LogP contribution >= 0.6 is 0 Å². The number of benzene rings is 2. The minimum absolute atomic E-state index is 0.0546. The molecule has 2 aromatic rings. The second kappa shape index (κ2) is 5.92. The lowest BCUT2D eigenvalue weighted by Crippen LogP contribution is -2.00. The molecule has 0 atom stereocenters. The average Bonchev–Trinajstić information content (AvgIpc) is 2.85. The van der Waals surface area contributed by atoms with E-state index in [0.717, 1.165) is 11.1 Å². The van der Waals surface area contributed by atoms with Crippen molar-refractivity contribution in [3.05, 3.63) is 70.0 Å². The van der Waals surface area contributed by atoms with E-state index in [1.807, 2.05) is 19.9 Å². The Morgan fingerprint density at radius 1 is 1.09 bits per heavy atom. The summed E-state index contributed by atoms with van der Waals surface area (Å²) in [5.74, 6) is 1.64. The molecule has 0 bridgehead atoms. The third-order valence-electron chi connectivity index (χ3n) is 3.97. The van der Waals surface area contributed by atoms with Crippen LogP contribution in [0.2, 0.25) is 0 Å². The number of hydrogen-bond acceptors (Lipinski definition) is 3. The second-order valence-electron chi connectivity index (χ2n) is 6.14. The lowest BCUT2D eigenvalue weighted by Gasteiger charge is -2.10. The Bertz CT molecular complexity index is 812. The first-order valence-electron chi connectivity index (χ1n) is 7.68. The number of carbonyl (C=O) groups excluding carboxylic acids is 1. The molecule has 0 spiro atoms. The van der Waals surface area contributed by atoms with Crippen LogP contribution in [0.5, 0.6) is 11.5 Å². The van der Waals surface area contributed by atoms with Gasteiger partial charge in [0.25, 0.3) is 0 Å². The van der Waals surface area contributed by atoms with Crippen LogP contribution in [0.25, 0.3) is 0 Å². The van der Waals surface area contributed by atoms with E-state index in [0.29, 0.717) is 29.4 Å². The minimum Gasteiger partial charge on any atom is -0.489 e. The fourth-order valence-electron chi connectivity index (χ4n) is 2.59. The molecule has 1 aliphatic rings. The van der Waals surface area contributed by atoms with Crippen LogP contribution in [0.15, 0.2) is 47.7 Å². The summed E-state index contributed by atoms with van der Waals surface area (Å²) in [5.41, 5.74) is 5.05. The first-order valence-corrected chi connectivity index (χ1v) is 7.68. The van der Waals surface area contributed by atoms with Crippen molar-refractivity contribution in [2.45, 2.75) is 34.3 Å². The lowest BCUT2D eigenvalue weighted by molar-refractivity contribution is 0.101. The molecule has 0 aliphatic carbocycles. The maximum absolute atomic E-state index is 12.2. The molecule has 0 saturated carbocycles. The van der Waals surface area contributed by atoms with Gasteiger partial charge in [0.15, 0.2) is 5.76 Å². The zero-order valence-corrected chi connectivity index (χ0v) is 13.9. The number of rotatable bonds is 3. The van der Waals surface area contributed by atoms with Gasteiger partial charge in [-0.05, 0) is 56.5 Å².